The predicted molar refractivity (Wildman–Crippen MR) is 67.1 cm³/mol. The molecule has 0 amide bonds. The third-order valence-corrected chi connectivity index (χ3v) is 3.04. The van der Waals surface area contributed by atoms with Gasteiger partial charge in [-0.25, -0.2) is 0 Å². The highest BCUT2D eigenvalue weighted by Crippen LogP contribution is 2.35. The average Bonchev–Trinajstić information content (AvgIpc) is 3.03. The monoisotopic (exact) mass is 261 g/mol. The van der Waals surface area contributed by atoms with Crippen LogP contribution in [0.3, 0.4) is 0 Å². The molecule has 1 atom stereocenters. The predicted octanol–water partition coefficient (Wildman–Crippen LogP) is 0.290. The van der Waals surface area contributed by atoms with Crippen LogP contribution in [-0.2, 0) is 7.05 Å². The maximum absolute atomic E-state index is 5.40. The van der Waals surface area contributed by atoms with E-state index in [9.17, 15) is 0 Å². The summed E-state index contributed by atoms with van der Waals surface area (Å²) < 4.78 is 10.7. The topological polar surface area (TPSA) is 74.1 Å². The lowest BCUT2D eigenvalue weighted by atomic mass is 9.98. The molecule has 0 saturated carbocycles. The molecule has 0 saturated heterocycles. The van der Waals surface area contributed by atoms with E-state index in [0.717, 1.165) is 23.6 Å². The van der Waals surface area contributed by atoms with Crippen molar-refractivity contribution in [3.05, 3.63) is 29.6 Å². The Kier molecular flexibility index (Phi) is 3.04. The fourth-order valence-electron chi connectivity index (χ4n) is 2.13. The molecule has 1 unspecified atom stereocenters. The molecule has 1 aliphatic rings. The Morgan fingerprint density at radius 2 is 2.21 bits per heavy atom. The first-order chi connectivity index (χ1) is 9.28. The van der Waals surface area contributed by atoms with Gasteiger partial charge >= 0.3 is 0 Å². The van der Waals surface area contributed by atoms with Crippen LogP contribution in [0, 0.1) is 0 Å². The van der Waals surface area contributed by atoms with Gasteiger partial charge in [0.1, 0.15) is 0 Å². The van der Waals surface area contributed by atoms with E-state index in [1.165, 1.54) is 4.80 Å². The molecule has 3 rings (SSSR count). The highest BCUT2D eigenvalue weighted by Gasteiger charge is 2.22. The first-order valence-corrected chi connectivity index (χ1v) is 6.06. The molecule has 0 spiro atoms. The van der Waals surface area contributed by atoms with Gasteiger partial charge in [-0.2, -0.15) is 4.80 Å². The van der Waals surface area contributed by atoms with Crippen LogP contribution in [0.15, 0.2) is 18.2 Å². The minimum atomic E-state index is 0.0354. The quantitative estimate of drug-likeness (QED) is 0.852. The van der Waals surface area contributed by atoms with E-state index in [4.69, 9.17) is 9.47 Å². The Balaban J connectivity index is 1.95. The highest BCUT2D eigenvalue weighted by atomic mass is 16.7. The fraction of sp³-hybridized carbons (Fsp3) is 0.417. The molecule has 100 valence electrons. The molecule has 0 fully saturated rings. The molecule has 1 aliphatic heterocycles. The van der Waals surface area contributed by atoms with Crippen molar-refractivity contribution in [2.75, 3.05) is 20.4 Å². The number of hydrogen-bond donors (Lipinski definition) is 1. The van der Waals surface area contributed by atoms with Gasteiger partial charge in [-0.05, 0) is 30.0 Å². The first-order valence-electron chi connectivity index (χ1n) is 6.06. The first kappa shape index (κ1) is 11.9. The summed E-state index contributed by atoms with van der Waals surface area (Å²) in [4.78, 5) is 1.46. The number of fused-ring (bicyclic) bond motifs is 1. The van der Waals surface area contributed by atoms with Crippen LogP contribution in [0.4, 0.5) is 0 Å². The summed E-state index contributed by atoms with van der Waals surface area (Å²) in [6, 6.07) is 5.89. The van der Waals surface area contributed by atoms with Gasteiger partial charge in [-0.15, -0.1) is 10.2 Å². The highest BCUT2D eigenvalue weighted by molar-refractivity contribution is 5.46. The zero-order chi connectivity index (χ0) is 13.2. The van der Waals surface area contributed by atoms with Gasteiger partial charge < -0.3 is 14.8 Å². The maximum Gasteiger partial charge on any atom is 0.231 e. The van der Waals surface area contributed by atoms with Crippen LogP contribution in [-0.4, -0.2) is 40.6 Å². The molecule has 7 heteroatoms. The number of aromatic nitrogens is 4. The number of rotatable bonds is 4. The number of nitrogens with one attached hydrogen (secondary N) is 1. The standard InChI is InChI=1S/C12H15N5O2/c1-13-6-9(12-14-16-17(2)15-12)8-3-4-10-11(5-8)19-7-18-10/h3-5,9,13H,6-7H2,1-2H3. The number of ether oxygens (including phenoxy) is 2. The van der Waals surface area contributed by atoms with Crippen molar-refractivity contribution in [3.63, 3.8) is 0 Å². The van der Waals surface area contributed by atoms with E-state index in [2.05, 4.69) is 20.7 Å². The van der Waals surface area contributed by atoms with Crippen molar-refractivity contribution in [3.8, 4) is 11.5 Å². The largest absolute Gasteiger partial charge is 0.454 e. The van der Waals surface area contributed by atoms with E-state index in [1.807, 2.05) is 25.2 Å². The Morgan fingerprint density at radius 1 is 1.37 bits per heavy atom. The number of nitrogens with zero attached hydrogens (tertiary/aromatic N) is 4. The van der Waals surface area contributed by atoms with Crippen LogP contribution < -0.4 is 14.8 Å². The Hall–Kier alpha value is -2.15. The Bertz CT molecular complexity index is 583. The van der Waals surface area contributed by atoms with Crippen molar-refractivity contribution >= 4 is 0 Å². The third-order valence-electron chi connectivity index (χ3n) is 3.04. The number of benzene rings is 1. The SMILES string of the molecule is CNCC(c1ccc2c(c1)OCO2)c1nnn(C)n1. The minimum absolute atomic E-state index is 0.0354. The van der Waals surface area contributed by atoms with Gasteiger partial charge in [0, 0.05) is 6.54 Å². The normalized spacial score (nSPS) is 14.6. The molecule has 0 radical (unpaired) electrons. The van der Waals surface area contributed by atoms with Gasteiger partial charge in [0.2, 0.25) is 6.79 Å². The molecule has 1 N–H and O–H groups in total. The number of tetrazole rings is 1. The molecule has 2 heterocycles. The van der Waals surface area contributed by atoms with Gasteiger partial charge in [0.05, 0.1) is 13.0 Å². The van der Waals surface area contributed by atoms with Crippen LogP contribution in [0.25, 0.3) is 0 Å². The van der Waals surface area contributed by atoms with Crippen LogP contribution in [0.5, 0.6) is 11.5 Å². The van der Waals surface area contributed by atoms with E-state index in [1.54, 1.807) is 7.05 Å². The van der Waals surface area contributed by atoms with Crippen LogP contribution in [0.1, 0.15) is 17.3 Å². The summed E-state index contributed by atoms with van der Waals surface area (Å²) in [6.07, 6.45) is 0. The second-order valence-electron chi connectivity index (χ2n) is 4.36. The summed E-state index contributed by atoms with van der Waals surface area (Å²) in [5.74, 6) is 2.27. The van der Waals surface area contributed by atoms with E-state index >= 15 is 0 Å². The molecule has 0 aliphatic carbocycles. The third kappa shape index (κ3) is 2.24. The molecule has 2 aromatic rings. The van der Waals surface area contributed by atoms with Crippen molar-refractivity contribution in [1.29, 1.82) is 0 Å². The van der Waals surface area contributed by atoms with Crippen molar-refractivity contribution in [1.82, 2.24) is 25.5 Å². The van der Waals surface area contributed by atoms with Gasteiger partial charge in [-0.3, -0.25) is 0 Å². The smallest absolute Gasteiger partial charge is 0.231 e. The Morgan fingerprint density at radius 3 is 2.95 bits per heavy atom. The zero-order valence-corrected chi connectivity index (χ0v) is 10.8. The van der Waals surface area contributed by atoms with Crippen molar-refractivity contribution < 1.29 is 9.47 Å². The minimum Gasteiger partial charge on any atom is -0.454 e. The summed E-state index contributed by atoms with van der Waals surface area (Å²) >= 11 is 0. The van der Waals surface area contributed by atoms with Crippen LogP contribution in [0.2, 0.25) is 0 Å². The zero-order valence-electron chi connectivity index (χ0n) is 10.8. The molecule has 1 aromatic carbocycles. The molecule has 7 nitrogen and oxygen atoms in total. The maximum atomic E-state index is 5.40. The van der Waals surface area contributed by atoms with Crippen molar-refractivity contribution in [2.24, 2.45) is 7.05 Å². The second kappa shape index (κ2) is 4.85. The van der Waals surface area contributed by atoms with Gasteiger partial charge in [-0.1, -0.05) is 6.07 Å². The lowest BCUT2D eigenvalue weighted by Crippen LogP contribution is -2.19. The fourth-order valence-corrected chi connectivity index (χ4v) is 2.13. The lowest BCUT2D eigenvalue weighted by Gasteiger charge is -2.13. The Labute approximate surface area is 110 Å². The van der Waals surface area contributed by atoms with E-state index in [0.29, 0.717) is 5.82 Å². The van der Waals surface area contributed by atoms with Crippen LogP contribution >= 0.6 is 0 Å². The van der Waals surface area contributed by atoms with E-state index < -0.39 is 0 Å². The average molecular weight is 261 g/mol. The molecule has 0 bridgehead atoms. The van der Waals surface area contributed by atoms with Gasteiger partial charge in [0.15, 0.2) is 17.3 Å². The van der Waals surface area contributed by atoms with Gasteiger partial charge in [0.25, 0.3) is 0 Å². The summed E-state index contributed by atoms with van der Waals surface area (Å²) in [7, 11) is 3.66. The summed E-state index contributed by atoms with van der Waals surface area (Å²) in [6.45, 7) is 1.00. The number of likely N-dealkylation sites (N-methyl/N-ethyl adjacent to an activating group) is 1. The second-order valence-corrected chi connectivity index (χ2v) is 4.36. The molecule has 1 aromatic heterocycles. The van der Waals surface area contributed by atoms with Crippen molar-refractivity contribution in [2.45, 2.75) is 5.92 Å². The van der Waals surface area contributed by atoms with E-state index in [-0.39, 0.29) is 12.7 Å². The summed E-state index contributed by atoms with van der Waals surface area (Å²) in [5, 5.41) is 15.4. The number of hydrogen-bond acceptors (Lipinski definition) is 6. The summed E-state index contributed by atoms with van der Waals surface area (Å²) in [5.41, 5.74) is 1.08. The molecule has 19 heavy (non-hydrogen) atoms. The molecular weight excluding hydrogens is 246 g/mol. The number of aryl methyl sites for hydroxylation is 1. The molecular formula is C12H15N5O2. The lowest BCUT2D eigenvalue weighted by molar-refractivity contribution is 0.174.